The highest BCUT2D eigenvalue weighted by atomic mass is 16.5. The second-order valence-electron chi connectivity index (χ2n) is 5.90. The number of anilines is 1. The SMILES string of the molecule is N#Cc1c(NCCO)nc(OCc2ccccc2)c(C#N)c1-c1ccccc1. The van der Waals surface area contributed by atoms with E-state index >= 15 is 0 Å². The van der Waals surface area contributed by atoms with E-state index in [1.807, 2.05) is 60.7 Å². The molecule has 0 aliphatic rings. The molecule has 6 heteroatoms. The lowest BCUT2D eigenvalue weighted by Crippen LogP contribution is -2.12. The third-order valence-corrected chi connectivity index (χ3v) is 4.07. The lowest BCUT2D eigenvalue weighted by molar-refractivity contribution is 0.293. The van der Waals surface area contributed by atoms with Gasteiger partial charge in [-0.2, -0.15) is 15.5 Å². The number of nitriles is 2. The fourth-order valence-electron chi connectivity index (χ4n) is 2.80. The third kappa shape index (κ3) is 4.09. The van der Waals surface area contributed by atoms with Crippen molar-refractivity contribution in [3.05, 3.63) is 77.4 Å². The van der Waals surface area contributed by atoms with Gasteiger partial charge in [0.25, 0.3) is 0 Å². The molecule has 1 heterocycles. The molecule has 2 aromatic carbocycles. The second-order valence-corrected chi connectivity index (χ2v) is 5.90. The zero-order valence-corrected chi connectivity index (χ0v) is 15.1. The molecule has 0 aliphatic heterocycles. The number of hydrogen-bond donors (Lipinski definition) is 2. The van der Waals surface area contributed by atoms with Gasteiger partial charge in [0, 0.05) is 12.1 Å². The maximum Gasteiger partial charge on any atom is 0.234 e. The molecule has 6 nitrogen and oxygen atoms in total. The molecular formula is C22H18N4O2. The van der Waals surface area contributed by atoms with Gasteiger partial charge in [-0.05, 0) is 11.1 Å². The van der Waals surface area contributed by atoms with Gasteiger partial charge in [-0.15, -0.1) is 0 Å². The molecule has 0 bridgehead atoms. The molecule has 0 spiro atoms. The van der Waals surface area contributed by atoms with Gasteiger partial charge in [0.1, 0.15) is 35.7 Å². The van der Waals surface area contributed by atoms with E-state index in [1.165, 1.54) is 0 Å². The molecule has 0 saturated heterocycles. The monoisotopic (exact) mass is 370 g/mol. The van der Waals surface area contributed by atoms with E-state index in [9.17, 15) is 10.5 Å². The minimum absolute atomic E-state index is 0.118. The van der Waals surface area contributed by atoms with Crippen molar-refractivity contribution < 1.29 is 9.84 Å². The molecule has 0 unspecified atom stereocenters. The van der Waals surface area contributed by atoms with Crippen LogP contribution in [0, 0.1) is 22.7 Å². The summed E-state index contributed by atoms with van der Waals surface area (Å²) < 4.78 is 5.85. The van der Waals surface area contributed by atoms with E-state index in [0.29, 0.717) is 5.56 Å². The van der Waals surface area contributed by atoms with Gasteiger partial charge >= 0.3 is 0 Å². The Morgan fingerprint density at radius 1 is 0.929 bits per heavy atom. The number of aliphatic hydroxyl groups is 1. The van der Waals surface area contributed by atoms with Crippen molar-refractivity contribution in [2.24, 2.45) is 0 Å². The summed E-state index contributed by atoms with van der Waals surface area (Å²) in [4.78, 5) is 4.36. The largest absolute Gasteiger partial charge is 0.472 e. The quantitative estimate of drug-likeness (QED) is 0.660. The van der Waals surface area contributed by atoms with Gasteiger partial charge in [0.15, 0.2) is 0 Å². The van der Waals surface area contributed by atoms with Gasteiger partial charge in [0.2, 0.25) is 5.88 Å². The summed E-state index contributed by atoms with van der Waals surface area (Å²) in [6, 6.07) is 23.0. The average molecular weight is 370 g/mol. The predicted octanol–water partition coefficient (Wildman–Crippen LogP) is 3.48. The Labute approximate surface area is 163 Å². The Morgan fingerprint density at radius 3 is 2.18 bits per heavy atom. The standard InChI is InChI=1S/C22H18N4O2/c23-13-18-20(17-9-5-2-6-10-17)19(14-24)22(26-21(18)25-11-12-27)28-15-16-7-3-1-4-8-16/h1-10,27H,11-12,15H2,(H,25,26). The van der Waals surface area contributed by atoms with Gasteiger partial charge in [-0.25, -0.2) is 0 Å². The van der Waals surface area contributed by atoms with E-state index in [4.69, 9.17) is 9.84 Å². The smallest absolute Gasteiger partial charge is 0.234 e. The molecule has 0 fully saturated rings. The lowest BCUT2D eigenvalue weighted by atomic mass is 9.96. The van der Waals surface area contributed by atoms with Crippen LogP contribution in [-0.4, -0.2) is 23.2 Å². The van der Waals surface area contributed by atoms with Crippen molar-refractivity contribution in [3.63, 3.8) is 0 Å². The summed E-state index contributed by atoms with van der Waals surface area (Å²) in [7, 11) is 0. The number of pyridine rings is 1. The van der Waals surface area contributed by atoms with E-state index < -0.39 is 0 Å². The van der Waals surface area contributed by atoms with Crippen LogP contribution in [0.4, 0.5) is 5.82 Å². The lowest BCUT2D eigenvalue weighted by Gasteiger charge is -2.16. The van der Waals surface area contributed by atoms with Crippen LogP contribution in [0.15, 0.2) is 60.7 Å². The highest BCUT2D eigenvalue weighted by molar-refractivity contribution is 5.83. The number of nitrogens with one attached hydrogen (secondary N) is 1. The van der Waals surface area contributed by atoms with Crippen LogP contribution in [0.3, 0.4) is 0 Å². The number of hydrogen-bond acceptors (Lipinski definition) is 6. The molecule has 0 aliphatic carbocycles. The molecule has 0 atom stereocenters. The minimum Gasteiger partial charge on any atom is -0.472 e. The van der Waals surface area contributed by atoms with Crippen LogP contribution in [0.5, 0.6) is 5.88 Å². The summed E-state index contributed by atoms with van der Waals surface area (Å²) in [5.74, 6) is 0.419. The normalized spacial score (nSPS) is 9.96. The van der Waals surface area contributed by atoms with Crippen molar-refractivity contribution in [1.29, 1.82) is 10.5 Å². The van der Waals surface area contributed by atoms with Crippen LogP contribution >= 0.6 is 0 Å². The third-order valence-electron chi connectivity index (χ3n) is 4.07. The molecule has 0 saturated carbocycles. The molecule has 3 rings (SSSR count). The van der Waals surface area contributed by atoms with Crippen LogP contribution in [0.1, 0.15) is 16.7 Å². The van der Waals surface area contributed by atoms with E-state index in [-0.39, 0.29) is 42.6 Å². The number of aliphatic hydroxyl groups excluding tert-OH is 1. The summed E-state index contributed by atoms with van der Waals surface area (Å²) >= 11 is 0. The summed E-state index contributed by atoms with van der Waals surface area (Å²) in [5, 5.41) is 31.6. The van der Waals surface area contributed by atoms with E-state index in [1.54, 1.807) is 0 Å². The Balaban J connectivity index is 2.13. The van der Waals surface area contributed by atoms with Gasteiger partial charge < -0.3 is 15.2 Å². The topological polar surface area (TPSA) is 102 Å². The Kier molecular flexibility index (Phi) is 6.20. The number of ether oxygens (including phenoxy) is 1. The van der Waals surface area contributed by atoms with Crippen LogP contribution in [0.2, 0.25) is 0 Å². The maximum absolute atomic E-state index is 9.80. The Bertz CT molecular complexity index is 1020. The van der Waals surface area contributed by atoms with Crippen molar-refractivity contribution in [1.82, 2.24) is 4.98 Å². The predicted molar refractivity (Wildman–Crippen MR) is 105 cm³/mol. The van der Waals surface area contributed by atoms with Crippen molar-refractivity contribution in [2.75, 3.05) is 18.5 Å². The second kappa shape index (κ2) is 9.18. The zero-order valence-electron chi connectivity index (χ0n) is 15.1. The summed E-state index contributed by atoms with van der Waals surface area (Å²) in [6.07, 6.45) is 0. The number of benzene rings is 2. The first-order valence-electron chi connectivity index (χ1n) is 8.73. The maximum atomic E-state index is 9.80. The molecule has 3 aromatic rings. The molecule has 2 N–H and O–H groups in total. The zero-order chi connectivity index (χ0) is 19.8. The average Bonchev–Trinajstić information content (AvgIpc) is 2.76. The van der Waals surface area contributed by atoms with Gasteiger partial charge in [0.05, 0.1) is 6.61 Å². The fourth-order valence-corrected chi connectivity index (χ4v) is 2.80. The first kappa shape index (κ1) is 18.9. The Hall–Kier alpha value is -3.87. The van der Waals surface area contributed by atoms with Gasteiger partial charge in [-0.3, -0.25) is 0 Å². The summed E-state index contributed by atoms with van der Waals surface area (Å²) in [6.45, 7) is 0.343. The molecule has 0 amide bonds. The molecule has 0 radical (unpaired) electrons. The molecule has 1 aromatic heterocycles. The molecule has 138 valence electrons. The Morgan fingerprint density at radius 2 is 1.57 bits per heavy atom. The number of aromatic nitrogens is 1. The highest BCUT2D eigenvalue weighted by Gasteiger charge is 2.22. The molecule has 28 heavy (non-hydrogen) atoms. The van der Waals surface area contributed by atoms with E-state index in [0.717, 1.165) is 11.1 Å². The number of nitrogens with zero attached hydrogens (tertiary/aromatic N) is 3. The van der Waals surface area contributed by atoms with Crippen molar-refractivity contribution in [3.8, 4) is 29.1 Å². The molecular weight excluding hydrogens is 352 g/mol. The van der Waals surface area contributed by atoms with Crippen LogP contribution in [-0.2, 0) is 6.61 Å². The van der Waals surface area contributed by atoms with Crippen molar-refractivity contribution >= 4 is 5.82 Å². The first-order valence-corrected chi connectivity index (χ1v) is 8.73. The first-order chi connectivity index (χ1) is 13.8. The highest BCUT2D eigenvalue weighted by Crippen LogP contribution is 2.36. The van der Waals surface area contributed by atoms with Crippen LogP contribution in [0.25, 0.3) is 11.1 Å². The summed E-state index contributed by atoms with van der Waals surface area (Å²) in [5.41, 5.74) is 2.55. The fraction of sp³-hybridized carbons (Fsp3) is 0.136. The van der Waals surface area contributed by atoms with Crippen molar-refractivity contribution in [2.45, 2.75) is 6.61 Å². The number of rotatable bonds is 7. The minimum atomic E-state index is -0.118. The van der Waals surface area contributed by atoms with Crippen LogP contribution < -0.4 is 10.1 Å². The van der Waals surface area contributed by atoms with Gasteiger partial charge in [-0.1, -0.05) is 60.7 Å². The van der Waals surface area contributed by atoms with E-state index in [2.05, 4.69) is 22.4 Å².